The maximum Gasteiger partial charge on any atom is 0.146 e. The molecular weight excluding hydrogens is 252 g/mol. The summed E-state index contributed by atoms with van der Waals surface area (Å²) in [5.74, 6) is 1.82. The number of rotatable bonds is 6. The highest BCUT2D eigenvalue weighted by molar-refractivity contribution is 5.46. The summed E-state index contributed by atoms with van der Waals surface area (Å²) in [6.45, 7) is 8.88. The van der Waals surface area contributed by atoms with Gasteiger partial charge in [0.05, 0.1) is 12.6 Å². The zero-order chi connectivity index (χ0) is 14.5. The molecule has 2 aromatic rings. The summed E-state index contributed by atoms with van der Waals surface area (Å²) >= 11 is 0. The lowest BCUT2D eigenvalue weighted by molar-refractivity contribution is 0.242. The highest BCUT2D eigenvalue weighted by Crippen LogP contribution is 2.17. The van der Waals surface area contributed by atoms with Gasteiger partial charge in [-0.15, -0.1) is 0 Å². The van der Waals surface area contributed by atoms with Gasteiger partial charge in [0, 0.05) is 11.7 Å². The number of benzene rings is 1. The maximum absolute atomic E-state index is 5.62. The molecule has 1 heterocycles. The van der Waals surface area contributed by atoms with Crippen LogP contribution in [0.25, 0.3) is 0 Å². The fraction of sp³-hybridized carbons (Fsp3) is 0.467. The molecule has 1 aromatic heterocycles. The van der Waals surface area contributed by atoms with E-state index in [-0.39, 0.29) is 6.10 Å². The van der Waals surface area contributed by atoms with Gasteiger partial charge < -0.3 is 10.1 Å². The summed E-state index contributed by atoms with van der Waals surface area (Å²) in [5.41, 5.74) is 1.04. The Bertz CT molecular complexity index is 531. The molecule has 0 aliphatic carbocycles. The largest absolute Gasteiger partial charge is 0.491 e. The van der Waals surface area contributed by atoms with Crippen molar-refractivity contribution in [2.24, 2.45) is 0 Å². The van der Waals surface area contributed by atoms with E-state index in [4.69, 9.17) is 4.74 Å². The zero-order valence-corrected chi connectivity index (χ0v) is 12.5. The number of hydrogen-bond acceptors (Lipinski definition) is 4. The third kappa shape index (κ3) is 3.73. The molecule has 0 fully saturated rings. The van der Waals surface area contributed by atoms with Gasteiger partial charge in [0.1, 0.15) is 17.9 Å². The molecule has 0 atom stereocenters. The summed E-state index contributed by atoms with van der Waals surface area (Å²) in [6.07, 6.45) is 1.79. The average Bonchev–Trinajstić information content (AvgIpc) is 2.86. The summed E-state index contributed by atoms with van der Waals surface area (Å²) in [6, 6.07) is 8.27. The van der Waals surface area contributed by atoms with Gasteiger partial charge in [-0.05, 0) is 52.0 Å². The first kappa shape index (κ1) is 14.4. The molecular formula is C15H22N4O. The molecule has 5 nitrogen and oxygen atoms in total. The topological polar surface area (TPSA) is 52.0 Å². The van der Waals surface area contributed by atoms with Crippen LogP contribution in [0.2, 0.25) is 0 Å². The number of anilines is 1. The normalized spacial score (nSPS) is 11.1. The smallest absolute Gasteiger partial charge is 0.146 e. The highest BCUT2D eigenvalue weighted by atomic mass is 16.5. The monoisotopic (exact) mass is 274 g/mol. The van der Waals surface area contributed by atoms with Crippen molar-refractivity contribution in [1.29, 1.82) is 0 Å². The molecule has 0 saturated carbocycles. The van der Waals surface area contributed by atoms with Crippen LogP contribution in [0.3, 0.4) is 0 Å². The van der Waals surface area contributed by atoms with Crippen molar-refractivity contribution < 1.29 is 4.74 Å². The molecule has 0 saturated heterocycles. The van der Waals surface area contributed by atoms with E-state index in [2.05, 4.69) is 29.2 Å². The van der Waals surface area contributed by atoms with E-state index in [0.29, 0.717) is 12.6 Å². The van der Waals surface area contributed by atoms with Gasteiger partial charge in [0.15, 0.2) is 0 Å². The number of aromatic nitrogens is 3. The van der Waals surface area contributed by atoms with Crippen molar-refractivity contribution in [3.63, 3.8) is 0 Å². The molecule has 0 bridgehead atoms. The standard InChI is InChI=1S/C15H22N4O/c1-11(2)19-15(17-10-18-19)9-16-13-5-7-14(8-6-13)20-12(3)4/h5-8,10-12,16H,9H2,1-4H3. The first-order valence-corrected chi connectivity index (χ1v) is 6.95. The summed E-state index contributed by atoms with van der Waals surface area (Å²) in [7, 11) is 0. The molecule has 108 valence electrons. The van der Waals surface area contributed by atoms with E-state index < -0.39 is 0 Å². The molecule has 0 spiro atoms. The SMILES string of the molecule is CC(C)Oc1ccc(NCc2ncnn2C(C)C)cc1. The number of nitrogens with zero attached hydrogens (tertiary/aromatic N) is 3. The van der Waals surface area contributed by atoms with Gasteiger partial charge >= 0.3 is 0 Å². The minimum absolute atomic E-state index is 0.193. The Hall–Kier alpha value is -2.04. The van der Waals surface area contributed by atoms with Crippen molar-refractivity contribution in [1.82, 2.24) is 14.8 Å². The van der Waals surface area contributed by atoms with Crippen LogP contribution in [0.15, 0.2) is 30.6 Å². The van der Waals surface area contributed by atoms with Crippen molar-refractivity contribution in [3.05, 3.63) is 36.4 Å². The van der Waals surface area contributed by atoms with E-state index in [1.807, 2.05) is 42.8 Å². The van der Waals surface area contributed by atoms with Gasteiger partial charge in [0.2, 0.25) is 0 Å². The molecule has 0 radical (unpaired) electrons. The number of nitrogens with one attached hydrogen (secondary N) is 1. The molecule has 20 heavy (non-hydrogen) atoms. The second-order valence-corrected chi connectivity index (χ2v) is 5.26. The third-order valence-electron chi connectivity index (χ3n) is 2.81. The molecule has 0 unspecified atom stereocenters. The summed E-state index contributed by atoms with van der Waals surface area (Å²) in [4.78, 5) is 4.27. The molecule has 1 N–H and O–H groups in total. The van der Waals surface area contributed by atoms with Crippen LogP contribution in [0, 0.1) is 0 Å². The third-order valence-corrected chi connectivity index (χ3v) is 2.81. The van der Waals surface area contributed by atoms with Gasteiger partial charge in [-0.2, -0.15) is 5.10 Å². The van der Waals surface area contributed by atoms with E-state index in [1.165, 1.54) is 0 Å². The van der Waals surface area contributed by atoms with Crippen LogP contribution in [-0.2, 0) is 6.54 Å². The second-order valence-electron chi connectivity index (χ2n) is 5.26. The molecule has 0 aliphatic rings. The minimum atomic E-state index is 0.193. The van der Waals surface area contributed by atoms with Crippen molar-refractivity contribution in [3.8, 4) is 5.75 Å². The Morgan fingerprint density at radius 2 is 1.85 bits per heavy atom. The molecule has 1 aromatic carbocycles. The van der Waals surface area contributed by atoms with Gasteiger partial charge in [-0.1, -0.05) is 0 Å². The predicted octanol–water partition coefficient (Wildman–Crippen LogP) is 3.26. The van der Waals surface area contributed by atoms with Crippen LogP contribution in [0.5, 0.6) is 5.75 Å². The molecule has 0 amide bonds. The van der Waals surface area contributed by atoms with E-state index >= 15 is 0 Å². The fourth-order valence-electron chi connectivity index (χ4n) is 1.94. The van der Waals surface area contributed by atoms with Crippen molar-refractivity contribution >= 4 is 5.69 Å². The maximum atomic E-state index is 5.62. The minimum Gasteiger partial charge on any atom is -0.491 e. The summed E-state index contributed by atoms with van der Waals surface area (Å²) in [5, 5.41) is 7.56. The van der Waals surface area contributed by atoms with Crippen molar-refractivity contribution in [2.45, 2.75) is 46.4 Å². The van der Waals surface area contributed by atoms with E-state index in [0.717, 1.165) is 17.3 Å². The Morgan fingerprint density at radius 3 is 2.45 bits per heavy atom. The highest BCUT2D eigenvalue weighted by Gasteiger charge is 2.07. The first-order valence-electron chi connectivity index (χ1n) is 6.95. The van der Waals surface area contributed by atoms with Crippen LogP contribution in [0.1, 0.15) is 39.6 Å². The van der Waals surface area contributed by atoms with Gasteiger partial charge in [-0.3, -0.25) is 0 Å². The fourth-order valence-corrected chi connectivity index (χ4v) is 1.94. The van der Waals surface area contributed by atoms with Gasteiger partial charge in [-0.25, -0.2) is 9.67 Å². The van der Waals surface area contributed by atoms with Crippen LogP contribution < -0.4 is 10.1 Å². The first-order chi connectivity index (χ1) is 9.56. The Kier molecular flexibility index (Phi) is 4.61. The van der Waals surface area contributed by atoms with Crippen LogP contribution in [-0.4, -0.2) is 20.9 Å². The van der Waals surface area contributed by atoms with Gasteiger partial charge in [0.25, 0.3) is 0 Å². The Labute approximate surface area is 120 Å². The lowest BCUT2D eigenvalue weighted by Gasteiger charge is -2.12. The van der Waals surface area contributed by atoms with E-state index in [1.54, 1.807) is 6.33 Å². The second kappa shape index (κ2) is 6.41. The lowest BCUT2D eigenvalue weighted by atomic mass is 10.3. The molecule has 5 heteroatoms. The number of ether oxygens (including phenoxy) is 1. The van der Waals surface area contributed by atoms with Crippen LogP contribution in [0.4, 0.5) is 5.69 Å². The number of hydrogen-bond donors (Lipinski definition) is 1. The van der Waals surface area contributed by atoms with Crippen LogP contribution >= 0.6 is 0 Å². The predicted molar refractivity (Wildman–Crippen MR) is 79.9 cm³/mol. The van der Waals surface area contributed by atoms with E-state index in [9.17, 15) is 0 Å². The Morgan fingerprint density at radius 1 is 1.15 bits per heavy atom. The summed E-state index contributed by atoms with van der Waals surface area (Å²) < 4.78 is 7.54. The molecule has 2 rings (SSSR count). The lowest BCUT2D eigenvalue weighted by Crippen LogP contribution is -2.12. The zero-order valence-electron chi connectivity index (χ0n) is 12.5. The average molecular weight is 274 g/mol. The molecule has 0 aliphatic heterocycles. The Balaban J connectivity index is 1.95. The quantitative estimate of drug-likeness (QED) is 0.878. The van der Waals surface area contributed by atoms with Crippen molar-refractivity contribution in [2.75, 3.05) is 5.32 Å².